The number of nitro groups is 1. The number of carbonyl (C=O) groups is 1. The Kier molecular flexibility index (Phi) is 6.96. The molecule has 0 unspecified atom stereocenters. The minimum atomic E-state index is -0.497. The van der Waals surface area contributed by atoms with Gasteiger partial charge in [-0.2, -0.15) is 0 Å². The van der Waals surface area contributed by atoms with E-state index >= 15 is 0 Å². The molecule has 2 N–H and O–H groups in total. The van der Waals surface area contributed by atoms with Gasteiger partial charge in [-0.05, 0) is 12.1 Å². The summed E-state index contributed by atoms with van der Waals surface area (Å²) in [6.07, 6.45) is 0.215. The Morgan fingerprint density at radius 2 is 2.10 bits per heavy atom. The summed E-state index contributed by atoms with van der Waals surface area (Å²) >= 11 is 0. The number of rotatable bonds is 9. The summed E-state index contributed by atoms with van der Waals surface area (Å²) in [5, 5.41) is 16.5. The SMILES string of the molecule is COCCNC(=O)CCNc1ccc(OC)cc1[N+](=O)[O-]. The van der Waals surface area contributed by atoms with Crippen LogP contribution >= 0.6 is 0 Å². The highest BCUT2D eigenvalue weighted by Crippen LogP contribution is 2.28. The molecule has 0 aromatic heterocycles. The molecule has 0 spiro atoms. The third kappa shape index (κ3) is 5.65. The molecule has 8 nitrogen and oxygen atoms in total. The minimum Gasteiger partial charge on any atom is -0.496 e. The predicted octanol–water partition coefficient (Wildman–Crippen LogP) is 1.17. The number of methoxy groups -OCH3 is 2. The number of ether oxygens (including phenoxy) is 2. The molecule has 1 aromatic carbocycles. The summed E-state index contributed by atoms with van der Waals surface area (Å²) in [5.41, 5.74) is 0.264. The standard InChI is InChI=1S/C13H19N3O5/c1-20-8-7-15-13(17)5-6-14-11-4-3-10(21-2)9-12(11)16(18)19/h3-4,9,14H,5-8H2,1-2H3,(H,15,17). The summed E-state index contributed by atoms with van der Waals surface area (Å²) in [5.74, 6) is 0.264. The van der Waals surface area contributed by atoms with E-state index in [0.717, 1.165) is 0 Å². The van der Waals surface area contributed by atoms with Crippen LogP contribution in [0.5, 0.6) is 5.75 Å². The lowest BCUT2D eigenvalue weighted by atomic mass is 10.2. The summed E-state index contributed by atoms with van der Waals surface area (Å²) in [6, 6.07) is 4.51. The van der Waals surface area contributed by atoms with Gasteiger partial charge >= 0.3 is 0 Å². The molecule has 0 saturated heterocycles. The van der Waals surface area contributed by atoms with Crippen molar-refractivity contribution in [1.82, 2.24) is 5.32 Å². The quantitative estimate of drug-likeness (QED) is 0.403. The highest BCUT2D eigenvalue weighted by molar-refractivity contribution is 5.76. The van der Waals surface area contributed by atoms with Crippen molar-refractivity contribution in [2.75, 3.05) is 39.2 Å². The van der Waals surface area contributed by atoms with Crippen LogP contribution in [0.4, 0.5) is 11.4 Å². The lowest BCUT2D eigenvalue weighted by Gasteiger charge is -2.09. The van der Waals surface area contributed by atoms with Crippen molar-refractivity contribution >= 4 is 17.3 Å². The van der Waals surface area contributed by atoms with Crippen LogP contribution in [0.1, 0.15) is 6.42 Å². The molecule has 0 aliphatic carbocycles. The van der Waals surface area contributed by atoms with E-state index in [1.807, 2.05) is 0 Å². The zero-order valence-electron chi connectivity index (χ0n) is 12.0. The number of nitrogens with one attached hydrogen (secondary N) is 2. The first-order chi connectivity index (χ1) is 10.1. The topological polar surface area (TPSA) is 103 Å². The van der Waals surface area contributed by atoms with Crippen molar-refractivity contribution in [3.05, 3.63) is 28.3 Å². The molecule has 21 heavy (non-hydrogen) atoms. The Morgan fingerprint density at radius 3 is 2.71 bits per heavy atom. The minimum absolute atomic E-state index is 0.0888. The van der Waals surface area contributed by atoms with Gasteiger partial charge < -0.3 is 20.1 Å². The van der Waals surface area contributed by atoms with Crippen LogP contribution in [-0.2, 0) is 9.53 Å². The molecule has 8 heteroatoms. The van der Waals surface area contributed by atoms with Gasteiger partial charge in [0.05, 0.1) is 24.7 Å². The van der Waals surface area contributed by atoms with Gasteiger partial charge in [-0.1, -0.05) is 0 Å². The molecule has 0 fully saturated rings. The number of hydrogen-bond acceptors (Lipinski definition) is 6. The molecule has 0 aliphatic rings. The van der Waals surface area contributed by atoms with Gasteiger partial charge in [0.1, 0.15) is 11.4 Å². The van der Waals surface area contributed by atoms with Crippen molar-refractivity contribution < 1.29 is 19.2 Å². The lowest BCUT2D eigenvalue weighted by molar-refractivity contribution is -0.384. The van der Waals surface area contributed by atoms with Crippen LogP contribution in [-0.4, -0.2) is 44.7 Å². The van der Waals surface area contributed by atoms with E-state index < -0.39 is 4.92 Å². The van der Waals surface area contributed by atoms with E-state index in [1.54, 1.807) is 19.2 Å². The van der Waals surface area contributed by atoms with Crippen LogP contribution in [0, 0.1) is 10.1 Å². The Morgan fingerprint density at radius 1 is 1.33 bits per heavy atom. The summed E-state index contributed by atoms with van der Waals surface area (Å²) in [6.45, 7) is 1.19. The number of anilines is 1. The van der Waals surface area contributed by atoms with Crippen LogP contribution < -0.4 is 15.4 Å². The average Bonchev–Trinajstić information content (AvgIpc) is 2.47. The Hall–Kier alpha value is -2.35. The molecule has 0 saturated carbocycles. The molecule has 0 bridgehead atoms. The molecule has 116 valence electrons. The highest BCUT2D eigenvalue weighted by atomic mass is 16.6. The number of carbonyl (C=O) groups excluding carboxylic acids is 1. The van der Waals surface area contributed by atoms with Crippen LogP contribution in [0.15, 0.2) is 18.2 Å². The molecule has 0 radical (unpaired) electrons. The molecule has 1 amide bonds. The second kappa shape index (κ2) is 8.75. The third-order valence-electron chi connectivity index (χ3n) is 2.70. The molecular formula is C13H19N3O5. The van der Waals surface area contributed by atoms with Gasteiger partial charge in [-0.15, -0.1) is 0 Å². The highest BCUT2D eigenvalue weighted by Gasteiger charge is 2.15. The Bertz CT molecular complexity index is 493. The smallest absolute Gasteiger partial charge is 0.296 e. The Labute approximate surface area is 122 Å². The summed E-state index contributed by atoms with van der Waals surface area (Å²) in [7, 11) is 2.99. The monoisotopic (exact) mass is 297 g/mol. The van der Waals surface area contributed by atoms with Gasteiger partial charge in [0.2, 0.25) is 5.91 Å². The van der Waals surface area contributed by atoms with E-state index in [0.29, 0.717) is 31.1 Å². The van der Waals surface area contributed by atoms with Crippen molar-refractivity contribution in [3.8, 4) is 5.75 Å². The fourth-order valence-corrected chi connectivity index (χ4v) is 1.63. The first-order valence-corrected chi connectivity index (χ1v) is 6.40. The van der Waals surface area contributed by atoms with Crippen molar-refractivity contribution in [3.63, 3.8) is 0 Å². The summed E-state index contributed by atoms with van der Waals surface area (Å²) in [4.78, 5) is 21.9. The largest absolute Gasteiger partial charge is 0.496 e. The van der Waals surface area contributed by atoms with Gasteiger partial charge in [0.15, 0.2) is 0 Å². The van der Waals surface area contributed by atoms with Gasteiger partial charge in [-0.25, -0.2) is 0 Å². The molecule has 0 atom stereocenters. The number of nitro benzene ring substituents is 1. The number of nitrogens with zero attached hydrogens (tertiary/aromatic N) is 1. The van der Waals surface area contributed by atoms with E-state index in [2.05, 4.69) is 10.6 Å². The molecule has 1 aromatic rings. The second-order valence-corrected chi connectivity index (χ2v) is 4.16. The first kappa shape index (κ1) is 16.7. The Balaban J connectivity index is 2.51. The zero-order chi connectivity index (χ0) is 15.7. The zero-order valence-corrected chi connectivity index (χ0v) is 12.0. The fraction of sp³-hybridized carbons (Fsp3) is 0.462. The predicted molar refractivity (Wildman–Crippen MR) is 77.6 cm³/mol. The van der Waals surface area contributed by atoms with E-state index in [-0.39, 0.29) is 18.0 Å². The van der Waals surface area contributed by atoms with Crippen molar-refractivity contribution in [2.45, 2.75) is 6.42 Å². The van der Waals surface area contributed by atoms with Crippen molar-refractivity contribution in [2.24, 2.45) is 0 Å². The van der Waals surface area contributed by atoms with Gasteiger partial charge in [0.25, 0.3) is 5.69 Å². The van der Waals surface area contributed by atoms with E-state index in [9.17, 15) is 14.9 Å². The van der Waals surface area contributed by atoms with Crippen molar-refractivity contribution in [1.29, 1.82) is 0 Å². The maximum Gasteiger partial charge on any atom is 0.296 e. The molecular weight excluding hydrogens is 278 g/mol. The lowest BCUT2D eigenvalue weighted by Crippen LogP contribution is -2.28. The second-order valence-electron chi connectivity index (χ2n) is 4.16. The van der Waals surface area contributed by atoms with E-state index in [1.165, 1.54) is 13.2 Å². The van der Waals surface area contributed by atoms with Crippen LogP contribution in [0.25, 0.3) is 0 Å². The third-order valence-corrected chi connectivity index (χ3v) is 2.70. The number of amides is 1. The maximum atomic E-state index is 11.5. The number of hydrogen-bond donors (Lipinski definition) is 2. The van der Waals surface area contributed by atoms with E-state index in [4.69, 9.17) is 9.47 Å². The molecule has 0 aliphatic heterocycles. The normalized spacial score (nSPS) is 10.0. The van der Waals surface area contributed by atoms with Gasteiger partial charge in [0, 0.05) is 26.6 Å². The molecule has 1 rings (SSSR count). The van der Waals surface area contributed by atoms with Gasteiger partial charge in [-0.3, -0.25) is 14.9 Å². The molecule has 0 heterocycles. The average molecular weight is 297 g/mol. The first-order valence-electron chi connectivity index (χ1n) is 6.40. The maximum absolute atomic E-state index is 11.5. The van der Waals surface area contributed by atoms with Crippen LogP contribution in [0.2, 0.25) is 0 Å². The van der Waals surface area contributed by atoms with Crippen LogP contribution in [0.3, 0.4) is 0 Å². The summed E-state index contributed by atoms with van der Waals surface area (Å²) < 4.78 is 9.76. The number of benzene rings is 1. The fourth-order valence-electron chi connectivity index (χ4n) is 1.63.